The maximum absolute atomic E-state index is 14.7. The molecule has 2 amide bonds. The molecule has 2 aliphatic carbocycles. The number of nitrogens with zero attached hydrogens (tertiary/aromatic N) is 1. The molecule has 0 aromatic heterocycles. The predicted octanol–water partition coefficient (Wildman–Crippen LogP) is 3.20. The number of hydrogen-bond donors (Lipinski definition) is 7. The number of halogens is 1. The number of Topliss-reactive ketones (excluding diaryl/α,β-unsaturated/α-hetero) is 1. The summed E-state index contributed by atoms with van der Waals surface area (Å²) in [5.41, 5.74) is 0.832. The average Bonchev–Trinajstić information content (AvgIpc) is 0.788. The van der Waals surface area contributed by atoms with Crippen LogP contribution in [0.15, 0.2) is 35.1 Å². The maximum atomic E-state index is 14.7. The Morgan fingerprint density at radius 2 is 1.58 bits per heavy atom. The Labute approximate surface area is 554 Å². The third-order valence-corrected chi connectivity index (χ3v) is 22.0. The number of likely N-dealkylation sites (N-methyl/N-ethyl adjacent to an activating group) is 1. The molecular formula is C61H82IN3O23S3. The lowest BCUT2D eigenvalue weighted by atomic mass is 9.75. The van der Waals surface area contributed by atoms with E-state index in [9.17, 15) is 49.5 Å². The van der Waals surface area contributed by atoms with Crippen molar-refractivity contribution in [1.82, 2.24) is 15.7 Å². The molecule has 1 aromatic carbocycles. The summed E-state index contributed by atoms with van der Waals surface area (Å²) in [7, 11) is 9.41. The number of benzene rings is 1. The molecule has 7 rings (SSSR count). The van der Waals surface area contributed by atoms with E-state index in [1.54, 1.807) is 38.7 Å². The van der Waals surface area contributed by atoms with Crippen LogP contribution in [0.4, 0.5) is 4.79 Å². The first-order valence-electron chi connectivity index (χ1n) is 29.3. The number of ether oxygens (including phenoxy) is 12. The molecule has 2 bridgehead atoms. The minimum atomic E-state index is -2.16. The van der Waals surface area contributed by atoms with Crippen LogP contribution < -0.4 is 25.0 Å². The highest BCUT2D eigenvalue weighted by Gasteiger charge is 2.53. The average molecular weight is 1450 g/mol. The third kappa shape index (κ3) is 17.1. The molecule has 4 saturated heterocycles. The first kappa shape index (κ1) is 74.3. The number of rotatable bonds is 24. The molecule has 1 aromatic rings. The Kier molecular flexibility index (Phi) is 27.0. The van der Waals surface area contributed by atoms with E-state index in [0.29, 0.717) is 15.7 Å². The van der Waals surface area contributed by atoms with Crippen molar-refractivity contribution in [3.05, 3.63) is 49.8 Å². The largest absolute Gasteiger partial charge is 0.492 e. The van der Waals surface area contributed by atoms with Crippen LogP contribution in [0.25, 0.3) is 0 Å². The Hall–Kier alpha value is -4.11. The van der Waals surface area contributed by atoms with Crippen molar-refractivity contribution >= 4 is 85.1 Å². The van der Waals surface area contributed by atoms with Gasteiger partial charge >= 0.3 is 6.09 Å². The monoisotopic (exact) mass is 1450 g/mol. The number of fused-ring (bicyclic) bond motifs is 2. The van der Waals surface area contributed by atoms with E-state index in [0.717, 1.165) is 25.2 Å². The molecule has 30 heteroatoms. The fraction of sp³-hybridized carbons (Fsp3) is 0.656. The van der Waals surface area contributed by atoms with Gasteiger partial charge in [-0.05, 0) is 88.8 Å². The molecule has 19 atom stereocenters. The number of aliphatic hydroxyl groups excluding tert-OH is 4. The Bertz CT molecular complexity index is 3020. The van der Waals surface area contributed by atoms with Gasteiger partial charge in [0.05, 0.1) is 104 Å². The lowest BCUT2D eigenvalue weighted by Crippen LogP contribution is -2.65. The fourth-order valence-electron chi connectivity index (χ4n) is 11.3. The lowest BCUT2D eigenvalue weighted by Gasteiger charge is -2.47. The molecule has 0 saturated carbocycles. The number of nitrogens with one attached hydrogen (secondary N) is 2. The predicted molar refractivity (Wildman–Crippen MR) is 341 cm³/mol. The van der Waals surface area contributed by atoms with Crippen molar-refractivity contribution in [1.29, 1.82) is 0 Å². The number of carbonyl (C=O) groups excluding carboxylic acids is 5. The first-order chi connectivity index (χ1) is 43.2. The van der Waals surface area contributed by atoms with Crippen molar-refractivity contribution in [3.8, 4) is 40.9 Å². The Morgan fingerprint density at radius 3 is 2.23 bits per heavy atom. The van der Waals surface area contributed by atoms with Crippen molar-refractivity contribution in [2.45, 2.75) is 194 Å². The van der Waals surface area contributed by atoms with Gasteiger partial charge in [0.25, 0.3) is 0 Å². The van der Waals surface area contributed by atoms with E-state index in [2.05, 4.69) is 34.5 Å². The van der Waals surface area contributed by atoms with Crippen molar-refractivity contribution in [3.63, 3.8) is 0 Å². The number of hydroxylamine groups is 1. The smallest absolute Gasteiger partial charge is 0.411 e. The van der Waals surface area contributed by atoms with E-state index in [1.165, 1.54) is 69.1 Å². The number of methoxy groups -OCH3 is 5. The second-order valence-electron chi connectivity index (χ2n) is 22.8. The molecule has 0 spiro atoms. The van der Waals surface area contributed by atoms with Crippen LogP contribution in [0.2, 0.25) is 0 Å². The molecule has 4 aliphatic heterocycles. The fourth-order valence-corrected chi connectivity index (χ4v) is 15.5. The van der Waals surface area contributed by atoms with E-state index in [4.69, 9.17) is 61.7 Å². The summed E-state index contributed by atoms with van der Waals surface area (Å²) in [5.74, 6) is 10.7. The SMILES string of the molecule is CCN(C(C)=O)C1COC(OC2C(OC3C#C/C=C\C#C[C@]4(O)CC(=O)C(NC(=O)OC)=C3/C4=C\CSSC(C)(C)CC=O)OC(C)C(NOC3COC(C)C(SC(=O)c4c(C)c(I)c(OC5OC(C)C(O)C(OC)C5O)c(OC)c4OC)C3O)C2O)CC1OC. The highest BCUT2D eigenvalue weighted by molar-refractivity contribution is 14.1. The zero-order chi connectivity index (χ0) is 66.8. The van der Waals surface area contributed by atoms with Gasteiger partial charge in [-0.25, -0.2) is 4.79 Å². The third-order valence-electron chi connectivity index (χ3n) is 16.2. The van der Waals surface area contributed by atoms with Crippen molar-refractivity contribution in [2.75, 3.05) is 61.1 Å². The summed E-state index contributed by atoms with van der Waals surface area (Å²) in [6.07, 6.45) is -14.4. The molecule has 504 valence electrons. The summed E-state index contributed by atoms with van der Waals surface area (Å²) in [5, 5.41) is 60.0. The van der Waals surface area contributed by atoms with Crippen molar-refractivity contribution < 1.29 is 111 Å². The minimum Gasteiger partial charge on any atom is -0.492 e. The number of aliphatic hydroxyl groups is 5. The van der Waals surface area contributed by atoms with Crippen LogP contribution in [0.1, 0.15) is 83.7 Å². The molecule has 4 fully saturated rings. The van der Waals surface area contributed by atoms with Crippen LogP contribution in [-0.2, 0) is 61.9 Å². The molecule has 0 radical (unpaired) electrons. The van der Waals surface area contributed by atoms with Gasteiger partial charge in [0.15, 0.2) is 35.5 Å². The highest BCUT2D eigenvalue weighted by Crippen LogP contribution is 2.49. The van der Waals surface area contributed by atoms with Gasteiger partial charge in [-0.1, -0.05) is 63.1 Å². The Morgan fingerprint density at radius 1 is 0.879 bits per heavy atom. The molecule has 6 aliphatic rings. The normalized spacial score (nSPS) is 34.1. The van der Waals surface area contributed by atoms with Gasteiger partial charge in [-0.3, -0.25) is 24.5 Å². The van der Waals surface area contributed by atoms with Gasteiger partial charge < -0.3 is 92.1 Å². The van der Waals surface area contributed by atoms with Gasteiger partial charge in [0.1, 0.15) is 49.0 Å². The highest BCUT2D eigenvalue weighted by atomic mass is 127. The van der Waals surface area contributed by atoms with E-state index < -0.39 is 143 Å². The number of hydrogen-bond acceptors (Lipinski definition) is 27. The zero-order valence-electron chi connectivity index (χ0n) is 52.8. The van der Waals surface area contributed by atoms with Crippen LogP contribution in [0, 0.1) is 34.2 Å². The topological polar surface area (TPSA) is 334 Å². The van der Waals surface area contributed by atoms with Crippen LogP contribution >= 0.6 is 55.9 Å². The molecule has 26 nitrogen and oxygen atoms in total. The Balaban J connectivity index is 1.19. The summed E-state index contributed by atoms with van der Waals surface area (Å²) in [4.78, 5) is 74.1. The zero-order valence-corrected chi connectivity index (χ0v) is 57.4. The molecule has 7 N–H and O–H groups in total. The van der Waals surface area contributed by atoms with Crippen LogP contribution in [0.5, 0.6) is 17.2 Å². The molecule has 91 heavy (non-hydrogen) atoms. The standard InChI is InChI=1S/C61H82IN3O23S3/c1-14-65(33(6)67)35-27-82-40(25-38(35)76-9)86-53-48(71)44(30(3)83-58(53)85-37-19-17-15-16-18-21-61(75)26-36(68)45(63-59(74)80-13)42(37)34(61)20-24-89-91-60(7,8)22-23-66)64-88-39-28-81-32(5)55(47(39)70)90-56(73)41-29(2)43(62)51(54(79-12)50(41)77-10)87-57-49(72)52(78-11)46(69)31(4)84-57/h15-16,20,23,30-32,35,37-40,44,46-49,52-53,55,57-58,64,69-72,75H,14,22,24-28H2,1-13H3,(H,63,74)/b16-15-,34-20+/t30?,31?,32?,35?,37?,38?,39?,40?,44?,46?,47?,48?,49?,52?,53?,55?,57?,58?,61-/m0/s1. The lowest BCUT2D eigenvalue weighted by molar-refractivity contribution is -0.333. The number of ketones is 1. The molecule has 18 unspecified atom stereocenters. The minimum absolute atomic E-state index is 0.00169. The van der Waals surface area contributed by atoms with Crippen LogP contribution in [-0.4, -0.2) is 240 Å². The second-order valence-corrected chi connectivity index (χ2v) is 28.0. The van der Waals surface area contributed by atoms with Gasteiger partial charge in [-0.15, -0.1) is 0 Å². The summed E-state index contributed by atoms with van der Waals surface area (Å²) in [6, 6.07) is -1.72. The summed E-state index contributed by atoms with van der Waals surface area (Å²) in [6.45, 7) is 13.7. The quantitative estimate of drug-likeness (QED) is 0.0195. The van der Waals surface area contributed by atoms with E-state index >= 15 is 0 Å². The van der Waals surface area contributed by atoms with E-state index in [-0.39, 0.29) is 77.4 Å². The van der Waals surface area contributed by atoms with Gasteiger partial charge in [0, 0.05) is 62.2 Å². The number of alkyl carbamates (subject to hydrolysis) is 1. The number of thioether (sulfide) groups is 1. The van der Waals surface area contributed by atoms with Crippen molar-refractivity contribution in [2.24, 2.45) is 0 Å². The number of allylic oxidation sites excluding steroid dienone is 3. The number of amides is 2. The summed E-state index contributed by atoms with van der Waals surface area (Å²) >= 11 is 2.74. The number of aldehydes is 1. The van der Waals surface area contributed by atoms with Gasteiger partial charge in [0.2, 0.25) is 23.1 Å². The van der Waals surface area contributed by atoms with E-state index in [1.807, 2.05) is 43.4 Å². The maximum Gasteiger partial charge on any atom is 0.411 e. The first-order valence-corrected chi connectivity index (χ1v) is 33.6. The van der Waals surface area contributed by atoms with Gasteiger partial charge in [-0.2, -0.15) is 5.48 Å². The van der Waals surface area contributed by atoms with Crippen LogP contribution in [0.3, 0.4) is 0 Å². The summed E-state index contributed by atoms with van der Waals surface area (Å²) < 4.78 is 72.3. The molecule has 4 heterocycles. The second kappa shape index (κ2) is 33.0. The molecular weight excluding hydrogens is 1370 g/mol. The number of carbonyl (C=O) groups is 5.